The minimum absolute atomic E-state index is 0.156. The molecule has 0 spiro atoms. The van der Waals surface area contributed by atoms with E-state index in [0.29, 0.717) is 31.5 Å². The molecular weight excluding hydrogens is 321 g/mol. The van der Waals surface area contributed by atoms with Crippen molar-refractivity contribution in [3.05, 3.63) is 17.8 Å². The van der Waals surface area contributed by atoms with Gasteiger partial charge in [0, 0.05) is 38.4 Å². The number of piperazine rings is 1. The number of halogens is 3. The zero-order valence-corrected chi connectivity index (χ0v) is 14.0. The highest BCUT2D eigenvalue weighted by atomic mass is 19.4. The molecule has 24 heavy (non-hydrogen) atoms. The highest BCUT2D eigenvalue weighted by Crippen LogP contribution is 2.39. The van der Waals surface area contributed by atoms with Crippen molar-refractivity contribution < 1.29 is 18.0 Å². The fourth-order valence-corrected chi connectivity index (χ4v) is 3.38. The predicted octanol–water partition coefficient (Wildman–Crippen LogP) is 2.37. The molecule has 0 aromatic carbocycles. The van der Waals surface area contributed by atoms with Crippen LogP contribution < -0.4 is 9.80 Å². The van der Waals surface area contributed by atoms with Gasteiger partial charge in [-0.15, -0.1) is 0 Å². The number of rotatable bonds is 2. The Balaban J connectivity index is 2.03. The van der Waals surface area contributed by atoms with E-state index in [9.17, 15) is 18.0 Å². The lowest BCUT2D eigenvalue weighted by atomic mass is 10.0. The number of fused-ring (bicyclic) bond motifs is 3. The number of pyridine rings is 1. The van der Waals surface area contributed by atoms with E-state index in [4.69, 9.17) is 0 Å². The molecule has 1 aromatic heterocycles. The summed E-state index contributed by atoms with van der Waals surface area (Å²) in [6, 6.07) is 0.962. The SMILES string of the molecule is CCN1C(=O)C2CN(C(C)C)CCN2c2ncc(C(F)(F)F)cc21. The highest BCUT2D eigenvalue weighted by molar-refractivity contribution is 6.05. The van der Waals surface area contributed by atoms with Gasteiger partial charge in [0.1, 0.15) is 6.04 Å². The van der Waals surface area contributed by atoms with Crippen molar-refractivity contribution in [3.8, 4) is 0 Å². The number of carbonyl (C=O) groups is 1. The standard InChI is InChI=1S/C16H21F3N4O/c1-4-22-12-7-11(16(17,18)19)8-20-14(12)23-6-5-21(10(2)3)9-13(23)15(22)24/h7-8,10,13H,4-6,9H2,1-3H3. The molecule has 1 atom stereocenters. The lowest BCUT2D eigenvalue weighted by Crippen LogP contribution is -2.63. The average Bonchev–Trinajstić information content (AvgIpc) is 2.53. The summed E-state index contributed by atoms with van der Waals surface area (Å²) in [7, 11) is 0. The van der Waals surface area contributed by atoms with Crippen LogP contribution in [0.5, 0.6) is 0 Å². The predicted molar refractivity (Wildman–Crippen MR) is 85.1 cm³/mol. The van der Waals surface area contributed by atoms with Gasteiger partial charge in [0.05, 0.1) is 11.3 Å². The van der Waals surface area contributed by atoms with Crippen molar-refractivity contribution in [3.63, 3.8) is 0 Å². The number of likely N-dealkylation sites (N-methyl/N-ethyl adjacent to an activating group) is 1. The first-order chi connectivity index (χ1) is 11.2. The average molecular weight is 342 g/mol. The minimum atomic E-state index is -4.47. The molecule has 0 radical (unpaired) electrons. The molecule has 1 aromatic rings. The van der Waals surface area contributed by atoms with Crippen molar-refractivity contribution in [2.45, 2.75) is 39.0 Å². The normalized spacial score (nSPS) is 22.0. The summed E-state index contributed by atoms with van der Waals surface area (Å²) in [6.07, 6.45) is -3.62. The first-order valence-electron chi connectivity index (χ1n) is 8.13. The third-order valence-electron chi connectivity index (χ3n) is 4.75. The van der Waals surface area contributed by atoms with E-state index in [0.717, 1.165) is 18.8 Å². The second kappa shape index (κ2) is 5.91. The highest BCUT2D eigenvalue weighted by Gasteiger charge is 2.43. The Hall–Kier alpha value is -1.83. The van der Waals surface area contributed by atoms with Crippen LogP contribution in [-0.2, 0) is 11.0 Å². The topological polar surface area (TPSA) is 39.7 Å². The maximum atomic E-state index is 13.0. The largest absolute Gasteiger partial charge is 0.417 e. The molecule has 1 fully saturated rings. The molecule has 3 heterocycles. The summed E-state index contributed by atoms with van der Waals surface area (Å²) in [4.78, 5) is 22.4. The van der Waals surface area contributed by atoms with E-state index >= 15 is 0 Å². The maximum Gasteiger partial charge on any atom is 0.417 e. The maximum absolute atomic E-state index is 13.0. The molecule has 0 saturated carbocycles. The van der Waals surface area contributed by atoms with Crippen LogP contribution in [0.3, 0.4) is 0 Å². The van der Waals surface area contributed by atoms with E-state index in [1.807, 2.05) is 4.90 Å². The molecule has 1 saturated heterocycles. The lowest BCUT2D eigenvalue weighted by molar-refractivity contribution is -0.138. The number of alkyl halides is 3. The number of hydrogen-bond donors (Lipinski definition) is 0. The molecule has 0 N–H and O–H groups in total. The van der Waals surface area contributed by atoms with Crippen molar-refractivity contribution in [2.75, 3.05) is 36.0 Å². The van der Waals surface area contributed by atoms with Gasteiger partial charge in [0.15, 0.2) is 5.82 Å². The van der Waals surface area contributed by atoms with Crippen LogP contribution in [0.4, 0.5) is 24.7 Å². The molecule has 1 amide bonds. The summed E-state index contributed by atoms with van der Waals surface area (Å²) in [5.41, 5.74) is -0.571. The summed E-state index contributed by atoms with van der Waals surface area (Å²) in [5.74, 6) is 0.314. The molecule has 0 bridgehead atoms. The van der Waals surface area contributed by atoms with E-state index in [-0.39, 0.29) is 11.6 Å². The smallest absolute Gasteiger partial charge is 0.340 e. The van der Waals surface area contributed by atoms with Crippen molar-refractivity contribution >= 4 is 17.4 Å². The Kier molecular flexibility index (Phi) is 4.19. The Bertz CT molecular complexity index is 647. The Morgan fingerprint density at radius 2 is 2.04 bits per heavy atom. The van der Waals surface area contributed by atoms with Crippen LogP contribution in [0.25, 0.3) is 0 Å². The van der Waals surface area contributed by atoms with Gasteiger partial charge in [-0.3, -0.25) is 9.69 Å². The second-order valence-electron chi connectivity index (χ2n) is 6.44. The van der Waals surface area contributed by atoms with Gasteiger partial charge in [0.25, 0.3) is 5.91 Å². The minimum Gasteiger partial charge on any atom is -0.340 e. The van der Waals surface area contributed by atoms with Crippen molar-refractivity contribution in [1.29, 1.82) is 0 Å². The number of amides is 1. The van der Waals surface area contributed by atoms with Crippen LogP contribution in [0, 0.1) is 0 Å². The number of hydrogen-bond acceptors (Lipinski definition) is 4. The Morgan fingerprint density at radius 1 is 1.33 bits per heavy atom. The molecule has 2 aliphatic heterocycles. The van der Waals surface area contributed by atoms with Crippen LogP contribution in [0.15, 0.2) is 12.3 Å². The molecule has 132 valence electrons. The first-order valence-corrected chi connectivity index (χ1v) is 8.13. The van der Waals surface area contributed by atoms with E-state index < -0.39 is 17.8 Å². The quantitative estimate of drug-likeness (QED) is 0.827. The third kappa shape index (κ3) is 2.72. The second-order valence-corrected chi connectivity index (χ2v) is 6.44. The third-order valence-corrected chi connectivity index (χ3v) is 4.75. The van der Waals surface area contributed by atoms with Crippen molar-refractivity contribution in [2.24, 2.45) is 0 Å². The molecule has 3 rings (SSSR count). The molecular formula is C16H21F3N4O. The number of anilines is 2. The summed E-state index contributed by atoms with van der Waals surface area (Å²) in [6.45, 7) is 8.13. The monoisotopic (exact) mass is 342 g/mol. The van der Waals surface area contributed by atoms with Gasteiger partial charge < -0.3 is 9.80 Å². The van der Waals surface area contributed by atoms with E-state index in [2.05, 4.69) is 23.7 Å². The van der Waals surface area contributed by atoms with Crippen LogP contribution in [0.1, 0.15) is 26.3 Å². The zero-order valence-electron chi connectivity index (χ0n) is 14.0. The molecule has 2 aliphatic rings. The van der Waals surface area contributed by atoms with Crippen LogP contribution >= 0.6 is 0 Å². The number of carbonyl (C=O) groups excluding carboxylic acids is 1. The molecule has 0 aliphatic carbocycles. The van der Waals surface area contributed by atoms with Gasteiger partial charge in [-0.25, -0.2) is 4.98 Å². The number of nitrogens with zero attached hydrogens (tertiary/aromatic N) is 4. The Labute approximate surface area is 139 Å². The molecule has 8 heteroatoms. The van der Waals surface area contributed by atoms with Crippen LogP contribution in [0.2, 0.25) is 0 Å². The van der Waals surface area contributed by atoms with Gasteiger partial charge in [-0.05, 0) is 26.8 Å². The molecule has 1 unspecified atom stereocenters. The Morgan fingerprint density at radius 3 is 2.62 bits per heavy atom. The van der Waals surface area contributed by atoms with Gasteiger partial charge in [0.2, 0.25) is 0 Å². The lowest BCUT2D eigenvalue weighted by Gasteiger charge is -2.48. The zero-order chi connectivity index (χ0) is 17.6. The summed E-state index contributed by atoms with van der Waals surface area (Å²) in [5, 5.41) is 0. The van der Waals surface area contributed by atoms with Crippen LogP contribution in [-0.4, -0.2) is 54.1 Å². The number of aromatic nitrogens is 1. The van der Waals surface area contributed by atoms with Gasteiger partial charge in [-0.1, -0.05) is 0 Å². The first kappa shape index (κ1) is 17.0. The molecule has 5 nitrogen and oxygen atoms in total. The van der Waals surface area contributed by atoms with E-state index in [1.165, 1.54) is 4.90 Å². The fourth-order valence-electron chi connectivity index (χ4n) is 3.38. The summed E-state index contributed by atoms with van der Waals surface area (Å²) < 4.78 is 39.0. The van der Waals surface area contributed by atoms with Gasteiger partial charge in [-0.2, -0.15) is 13.2 Å². The fraction of sp³-hybridized carbons (Fsp3) is 0.625. The summed E-state index contributed by atoms with van der Waals surface area (Å²) >= 11 is 0. The van der Waals surface area contributed by atoms with E-state index in [1.54, 1.807) is 6.92 Å². The van der Waals surface area contributed by atoms with Gasteiger partial charge >= 0.3 is 6.18 Å². The van der Waals surface area contributed by atoms with Crippen molar-refractivity contribution in [1.82, 2.24) is 9.88 Å².